The molecule has 0 fully saturated rings. The van der Waals surface area contributed by atoms with Crippen LogP contribution >= 0.6 is 0 Å². The van der Waals surface area contributed by atoms with Crippen LogP contribution < -0.4 is 0 Å². The van der Waals surface area contributed by atoms with Crippen molar-refractivity contribution in [3.8, 4) is 0 Å². The van der Waals surface area contributed by atoms with E-state index in [9.17, 15) is 14.4 Å². The van der Waals surface area contributed by atoms with Gasteiger partial charge in [-0.15, -0.1) is 0 Å². The second kappa shape index (κ2) is 18.1. The smallest absolute Gasteiger partial charge is 0.302 e. The summed E-state index contributed by atoms with van der Waals surface area (Å²) in [5.41, 5.74) is 0. The first kappa shape index (κ1) is 22.0. The molecule has 0 saturated heterocycles. The number of esters is 1. The lowest BCUT2D eigenvalue weighted by molar-refractivity contribution is -0.141. The molecule has 0 aliphatic carbocycles. The Kier molecular flexibility index (Phi) is 22.1. The molecule has 0 spiro atoms. The first-order valence-corrected chi connectivity index (χ1v) is 5.65. The van der Waals surface area contributed by atoms with Gasteiger partial charge >= 0.3 is 5.97 Å². The fourth-order valence-corrected chi connectivity index (χ4v) is 0.360. The molecule has 6 heteroatoms. The number of ketones is 2. The summed E-state index contributed by atoms with van der Waals surface area (Å²) in [5, 5.41) is 15.6. The van der Waals surface area contributed by atoms with Crippen molar-refractivity contribution in [2.24, 2.45) is 0 Å². The van der Waals surface area contributed by atoms with Crippen LogP contribution in [0.2, 0.25) is 0 Å². The van der Waals surface area contributed by atoms with Gasteiger partial charge in [0, 0.05) is 6.92 Å². The van der Waals surface area contributed by atoms with E-state index in [0.29, 0.717) is 6.61 Å². The van der Waals surface area contributed by atoms with Crippen molar-refractivity contribution in [1.82, 2.24) is 0 Å². The Labute approximate surface area is 108 Å². The minimum absolute atomic E-state index is 0.182. The van der Waals surface area contributed by atoms with E-state index in [-0.39, 0.29) is 30.7 Å². The highest BCUT2D eigenvalue weighted by atomic mass is 16.5. The van der Waals surface area contributed by atoms with E-state index in [0.717, 1.165) is 12.8 Å². The standard InChI is InChI=1S/C6H12O2.2C3H6O2/c1-3-4-5-8-6(2)7;2*1-3(5)2-4/h3-5H2,1-2H3;2*4H,2H2,1H3. The second-order valence-electron chi connectivity index (χ2n) is 3.41. The molecule has 0 aromatic carbocycles. The van der Waals surface area contributed by atoms with Gasteiger partial charge in [-0.3, -0.25) is 14.4 Å². The molecule has 0 aliphatic heterocycles. The first-order chi connectivity index (χ1) is 8.31. The predicted molar refractivity (Wildman–Crippen MR) is 67.1 cm³/mol. The molecular formula is C12H24O6. The SMILES string of the molecule is CC(=O)CO.CC(=O)CO.CCCCOC(C)=O. The molecule has 0 radical (unpaired) electrons. The van der Waals surface area contributed by atoms with E-state index in [2.05, 4.69) is 11.7 Å². The number of aliphatic hydroxyl groups is 2. The van der Waals surface area contributed by atoms with Crippen LogP contribution in [0.1, 0.15) is 40.5 Å². The lowest BCUT2D eigenvalue weighted by Crippen LogP contribution is -1.99. The summed E-state index contributed by atoms with van der Waals surface area (Å²) < 4.78 is 4.64. The maximum absolute atomic E-state index is 10.1. The van der Waals surface area contributed by atoms with Crippen LogP contribution in [0.15, 0.2) is 0 Å². The molecule has 0 heterocycles. The summed E-state index contributed by atoms with van der Waals surface area (Å²) >= 11 is 0. The zero-order chi connectivity index (χ0) is 15.0. The quantitative estimate of drug-likeness (QED) is 0.553. The van der Waals surface area contributed by atoms with E-state index < -0.39 is 0 Å². The predicted octanol–water partition coefficient (Wildman–Crippen LogP) is 0.485. The van der Waals surface area contributed by atoms with Gasteiger partial charge in [-0.25, -0.2) is 0 Å². The summed E-state index contributed by atoms with van der Waals surface area (Å²) in [6, 6.07) is 0. The fraction of sp³-hybridized carbons (Fsp3) is 0.750. The van der Waals surface area contributed by atoms with E-state index >= 15 is 0 Å². The lowest BCUT2D eigenvalue weighted by Gasteiger charge is -1.96. The van der Waals surface area contributed by atoms with E-state index in [4.69, 9.17) is 10.2 Å². The molecule has 0 bridgehead atoms. The minimum atomic E-state index is -0.333. The van der Waals surface area contributed by atoms with Crippen LogP contribution in [0.4, 0.5) is 0 Å². The molecular weight excluding hydrogens is 240 g/mol. The summed E-state index contributed by atoms with van der Waals surface area (Å²) in [6.45, 7) is 6.06. The molecule has 0 unspecified atom stereocenters. The molecule has 0 amide bonds. The molecule has 0 aromatic rings. The zero-order valence-electron chi connectivity index (χ0n) is 11.6. The van der Waals surface area contributed by atoms with E-state index in [1.165, 1.54) is 20.8 Å². The molecule has 0 saturated carbocycles. The number of aliphatic hydroxyl groups excluding tert-OH is 2. The maximum Gasteiger partial charge on any atom is 0.302 e. The van der Waals surface area contributed by atoms with Crippen molar-refractivity contribution in [2.75, 3.05) is 19.8 Å². The fourth-order valence-electron chi connectivity index (χ4n) is 0.360. The van der Waals surface area contributed by atoms with Crippen molar-refractivity contribution in [1.29, 1.82) is 0 Å². The molecule has 2 N–H and O–H groups in total. The average Bonchev–Trinajstić information content (AvgIpc) is 2.30. The first-order valence-electron chi connectivity index (χ1n) is 5.65. The van der Waals surface area contributed by atoms with E-state index in [1.54, 1.807) is 0 Å². The number of ether oxygens (including phenoxy) is 1. The van der Waals surface area contributed by atoms with Gasteiger partial charge in [-0.05, 0) is 20.3 Å². The Morgan fingerprint density at radius 2 is 1.28 bits per heavy atom. The molecule has 108 valence electrons. The largest absolute Gasteiger partial charge is 0.466 e. The number of Topliss-reactive ketones (excluding diaryl/α,β-unsaturated/α-hetero) is 2. The molecule has 0 atom stereocenters. The van der Waals surface area contributed by atoms with Gasteiger partial charge < -0.3 is 14.9 Å². The number of hydrogen-bond donors (Lipinski definition) is 2. The van der Waals surface area contributed by atoms with Gasteiger partial charge in [-0.1, -0.05) is 13.3 Å². The van der Waals surface area contributed by atoms with Crippen LogP contribution in [-0.4, -0.2) is 47.6 Å². The highest BCUT2D eigenvalue weighted by molar-refractivity contribution is 5.76. The highest BCUT2D eigenvalue weighted by Gasteiger charge is 1.88. The summed E-state index contributed by atoms with van der Waals surface area (Å²) in [5.74, 6) is -0.562. The van der Waals surface area contributed by atoms with Crippen molar-refractivity contribution >= 4 is 17.5 Å². The summed E-state index contributed by atoms with van der Waals surface area (Å²) in [4.78, 5) is 29.2. The Morgan fingerprint density at radius 3 is 1.44 bits per heavy atom. The molecule has 6 nitrogen and oxygen atoms in total. The van der Waals surface area contributed by atoms with Crippen molar-refractivity contribution in [2.45, 2.75) is 40.5 Å². The van der Waals surface area contributed by atoms with Crippen molar-refractivity contribution in [3.05, 3.63) is 0 Å². The number of carbonyl (C=O) groups excluding carboxylic acids is 3. The van der Waals surface area contributed by atoms with Crippen LogP contribution in [0.25, 0.3) is 0 Å². The Balaban J connectivity index is -0.000000197. The van der Waals surface area contributed by atoms with Crippen LogP contribution in [0, 0.1) is 0 Å². The summed E-state index contributed by atoms with van der Waals surface area (Å²) in [7, 11) is 0. The van der Waals surface area contributed by atoms with Gasteiger partial charge in [-0.2, -0.15) is 0 Å². The Morgan fingerprint density at radius 1 is 0.944 bits per heavy atom. The molecule has 0 aromatic heterocycles. The monoisotopic (exact) mass is 264 g/mol. The average molecular weight is 264 g/mol. The molecule has 0 aliphatic rings. The van der Waals surface area contributed by atoms with E-state index in [1.807, 2.05) is 0 Å². The number of hydrogen-bond acceptors (Lipinski definition) is 6. The number of carbonyl (C=O) groups is 3. The van der Waals surface area contributed by atoms with Crippen molar-refractivity contribution < 1.29 is 29.3 Å². The van der Waals surface area contributed by atoms with Gasteiger partial charge in [0.1, 0.15) is 13.2 Å². The van der Waals surface area contributed by atoms with Crippen LogP contribution in [0.3, 0.4) is 0 Å². The number of unbranched alkanes of at least 4 members (excludes halogenated alkanes) is 1. The van der Waals surface area contributed by atoms with Gasteiger partial charge in [0.2, 0.25) is 0 Å². The Hall–Kier alpha value is -1.27. The normalized spacial score (nSPS) is 8.11. The minimum Gasteiger partial charge on any atom is -0.466 e. The van der Waals surface area contributed by atoms with Gasteiger partial charge in [0.05, 0.1) is 6.61 Å². The number of rotatable bonds is 5. The molecule has 18 heavy (non-hydrogen) atoms. The third-order valence-corrected chi connectivity index (χ3v) is 1.25. The van der Waals surface area contributed by atoms with Crippen molar-refractivity contribution in [3.63, 3.8) is 0 Å². The third-order valence-electron chi connectivity index (χ3n) is 1.25. The molecule has 0 rings (SSSR count). The van der Waals surface area contributed by atoms with Crippen LogP contribution in [0.5, 0.6) is 0 Å². The Bertz CT molecular complexity index is 211. The summed E-state index contributed by atoms with van der Waals surface area (Å²) in [6.07, 6.45) is 2.05. The second-order valence-corrected chi connectivity index (χ2v) is 3.41. The highest BCUT2D eigenvalue weighted by Crippen LogP contribution is 1.86. The zero-order valence-corrected chi connectivity index (χ0v) is 11.6. The van der Waals surface area contributed by atoms with Crippen LogP contribution in [-0.2, 0) is 19.1 Å². The maximum atomic E-state index is 10.1. The lowest BCUT2D eigenvalue weighted by atomic mass is 10.4. The van der Waals surface area contributed by atoms with Gasteiger partial charge in [0.15, 0.2) is 11.6 Å². The topological polar surface area (TPSA) is 101 Å². The van der Waals surface area contributed by atoms with Gasteiger partial charge in [0.25, 0.3) is 0 Å². The third kappa shape index (κ3) is 46.5.